The predicted octanol–water partition coefficient (Wildman–Crippen LogP) is -3.57. The lowest BCUT2D eigenvalue weighted by Crippen LogP contribution is -2.64. The second-order valence-corrected chi connectivity index (χ2v) is 12.9. The fourth-order valence-corrected chi connectivity index (χ4v) is 6.27. The summed E-state index contributed by atoms with van der Waals surface area (Å²) in [5.74, 6) is -2.19. The van der Waals surface area contributed by atoms with Crippen LogP contribution in [0.4, 0.5) is 0 Å². The summed E-state index contributed by atoms with van der Waals surface area (Å²) in [7, 11) is 0. The fraction of sp³-hybridized carbons (Fsp3) is 0.545. The van der Waals surface area contributed by atoms with E-state index in [9.17, 15) is 66.1 Å². The number of rotatable bonds is 9. The van der Waals surface area contributed by atoms with Gasteiger partial charge in [-0.15, -0.1) is 0 Å². The van der Waals surface area contributed by atoms with Gasteiger partial charge in [-0.1, -0.05) is 0 Å². The van der Waals surface area contributed by atoms with Gasteiger partial charge in [-0.05, 0) is 31.2 Å². The van der Waals surface area contributed by atoms with Gasteiger partial charge in [0, 0.05) is 17.7 Å². The molecular weight excluding hydrogens is 716 g/mol. The van der Waals surface area contributed by atoms with Gasteiger partial charge in [-0.2, -0.15) is 0 Å². The van der Waals surface area contributed by atoms with Crippen LogP contribution in [0.2, 0.25) is 0 Å². The standard InChI is InChI=1S/C33H40O20/c1-10-19(38)29(52-32-25(44)23(42)20(39)16(8-34)50-32)27(46)31(48-10)47-9-17-21(40)24(43)26(45)33(51-17)53-30-22(41)18-14(37)6-13(36)7-15(18)49-28(30)11-2-4-12(35)5-3-11/h2-7,10,16-17,19-21,23-27,29,31-40,42-46H,8-9H2,1H3/t10-,16+,17+,19-,20+,21+,23-,24-,25+,26+,27+,29+,31+,32-,33-/m0/s1. The molecule has 0 spiro atoms. The van der Waals surface area contributed by atoms with Gasteiger partial charge in [0.05, 0.1) is 19.3 Å². The molecule has 3 saturated heterocycles. The highest BCUT2D eigenvalue weighted by Crippen LogP contribution is 2.38. The fourth-order valence-electron chi connectivity index (χ4n) is 6.27. The first-order chi connectivity index (χ1) is 25.1. The first-order valence-corrected chi connectivity index (χ1v) is 16.4. The van der Waals surface area contributed by atoms with Gasteiger partial charge in [-0.25, -0.2) is 0 Å². The van der Waals surface area contributed by atoms with Crippen LogP contribution < -0.4 is 10.2 Å². The molecule has 0 radical (unpaired) electrons. The molecule has 53 heavy (non-hydrogen) atoms. The topological polar surface area (TPSA) is 328 Å². The average molecular weight is 757 g/mol. The van der Waals surface area contributed by atoms with Crippen molar-refractivity contribution >= 4 is 11.0 Å². The monoisotopic (exact) mass is 756 g/mol. The summed E-state index contributed by atoms with van der Waals surface area (Å²) in [6, 6.07) is 7.18. The molecule has 3 aromatic rings. The van der Waals surface area contributed by atoms with Crippen LogP contribution in [0, 0.1) is 0 Å². The Bertz CT molecular complexity index is 1780. The van der Waals surface area contributed by atoms with Crippen molar-refractivity contribution in [2.24, 2.45) is 0 Å². The third kappa shape index (κ3) is 7.52. The van der Waals surface area contributed by atoms with E-state index >= 15 is 0 Å². The molecule has 20 heteroatoms. The number of hydrogen-bond acceptors (Lipinski definition) is 20. The van der Waals surface area contributed by atoms with Crippen molar-refractivity contribution in [2.45, 2.75) is 99.0 Å². The molecule has 12 N–H and O–H groups in total. The lowest BCUT2D eigenvalue weighted by molar-refractivity contribution is -0.361. The molecule has 2 aromatic carbocycles. The maximum absolute atomic E-state index is 13.7. The zero-order valence-electron chi connectivity index (χ0n) is 27.7. The van der Waals surface area contributed by atoms with Crippen LogP contribution in [0.3, 0.4) is 0 Å². The van der Waals surface area contributed by atoms with Crippen molar-refractivity contribution in [3.05, 3.63) is 46.6 Å². The third-order valence-electron chi connectivity index (χ3n) is 9.30. The summed E-state index contributed by atoms with van der Waals surface area (Å²) >= 11 is 0. The van der Waals surface area contributed by atoms with E-state index in [4.69, 9.17) is 32.8 Å². The SMILES string of the molecule is C[C@@H]1O[C@@H](OC[C@H]2O[C@@H](Oc3c(-c4ccc(O)cc4)oc4cc(O)cc(O)c4c3=O)[C@H](O)[C@@H](O)[C@@H]2O)[C@H](O)[C@H](O[C@@H]2O[C@H](CO)[C@@H](O)[C@H](O)[C@H]2O)[C@H]1O. The minimum atomic E-state index is -2.00. The van der Waals surface area contributed by atoms with Crippen molar-refractivity contribution in [1.29, 1.82) is 0 Å². The van der Waals surface area contributed by atoms with Crippen LogP contribution in [0.5, 0.6) is 23.0 Å². The van der Waals surface area contributed by atoms with E-state index < -0.39 is 133 Å². The van der Waals surface area contributed by atoms with Crippen molar-refractivity contribution < 1.29 is 94.1 Å². The van der Waals surface area contributed by atoms with Crippen molar-refractivity contribution in [3.8, 4) is 34.3 Å². The molecule has 6 rings (SSSR count). The number of aliphatic hydroxyl groups excluding tert-OH is 9. The predicted molar refractivity (Wildman–Crippen MR) is 171 cm³/mol. The van der Waals surface area contributed by atoms with Crippen LogP contribution >= 0.6 is 0 Å². The highest BCUT2D eigenvalue weighted by molar-refractivity contribution is 5.88. The van der Waals surface area contributed by atoms with E-state index in [-0.39, 0.29) is 22.7 Å². The zero-order valence-corrected chi connectivity index (χ0v) is 27.7. The summed E-state index contributed by atoms with van der Waals surface area (Å²) in [5.41, 5.74) is -1.09. The molecular formula is C33H40O20. The summed E-state index contributed by atoms with van der Waals surface area (Å²) in [6.07, 6.45) is -25.6. The second-order valence-electron chi connectivity index (χ2n) is 12.9. The smallest absolute Gasteiger partial charge is 0.239 e. The first kappa shape index (κ1) is 39.0. The summed E-state index contributed by atoms with van der Waals surface area (Å²) in [5, 5.41) is 124. The van der Waals surface area contributed by atoms with Gasteiger partial charge in [0.25, 0.3) is 0 Å². The van der Waals surface area contributed by atoms with Crippen molar-refractivity contribution in [2.75, 3.05) is 13.2 Å². The maximum Gasteiger partial charge on any atom is 0.239 e. The molecule has 0 bridgehead atoms. The Morgan fingerprint density at radius 2 is 1.30 bits per heavy atom. The molecule has 20 nitrogen and oxygen atoms in total. The van der Waals surface area contributed by atoms with E-state index in [2.05, 4.69) is 0 Å². The number of benzene rings is 2. The van der Waals surface area contributed by atoms with Gasteiger partial charge >= 0.3 is 0 Å². The zero-order chi connectivity index (χ0) is 38.5. The third-order valence-corrected chi connectivity index (χ3v) is 9.30. The highest BCUT2D eigenvalue weighted by atomic mass is 16.7. The molecule has 3 aliphatic rings. The number of hydrogen-bond donors (Lipinski definition) is 12. The quantitative estimate of drug-likeness (QED) is 0.100. The lowest BCUT2D eigenvalue weighted by atomic mass is 9.97. The van der Waals surface area contributed by atoms with E-state index in [0.717, 1.165) is 12.1 Å². The van der Waals surface area contributed by atoms with Crippen LogP contribution in [-0.4, -0.2) is 167 Å². The van der Waals surface area contributed by atoms with Crippen LogP contribution in [0.25, 0.3) is 22.3 Å². The Kier molecular flexibility index (Phi) is 11.5. The Morgan fingerprint density at radius 3 is 1.96 bits per heavy atom. The number of aliphatic hydroxyl groups is 9. The number of ether oxygens (including phenoxy) is 6. The molecule has 0 aliphatic carbocycles. The molecule has 4 heterocycles. The number of phenols is 3. The normalized spacial score (nSPS) is 37.8. The molecule has 292 valence electrons. The van der Waals surface area contributed by atoms with Crippen LogP contribution in [-0.2, 0) is 23.7 Å². The average Bonchev–Trinajstić information content (AvgIpc) is 3.12. The molecule has 15 atom stereocenters. The summed E-state index contributed by atoms with van der Waals surface area (Å²) in [6.45, 7) is -0.0799. The molecule has 0 unspecified atom stereocenters. The van der Waals surface area contributed by atoms with E-state index in [1.807, 2.05) is 0 Å². The van der Waals surface area contributed by atoms with Crippen molar-refractivity contribution in [1.82, 2.24) is 0 Å². The second kappa shape index (κ2) is 15.6. The van der Waals surface area contributed by atoms with Crippen molar-refractivity contribution in [3.63, 3.8) is 0 Å². The Morgan fingerprint density at radius 1 is 0.679 bits per heavy atom. The number of fused-ring (bicyclic) bond motifs is 1. The van der Waals surface area contributed by atoms with Gasteiger partial charge in [-0.3, -0.25) is 4.79 Å². The Labute approximate surface area is 298 Å². The lowest BCUT2D eigenvalue weighted by Gasteiger charge is -2.46. The number of phenolic OH excluding ortho intramolecular Hbond substituents is 3. The largest absolute Gasteiger partial charge is 0.508 e. The Balaban J connectivity index is 1.22. The van der Waals surface area contributed by atoms with E-state index in [1.54, 1.807) is 0 Å². The highest BCUT2D eigenvalue weighted by Gasteiger charge is 2.51. The van der Waals surface area contributed by atoms with Gasteiger partial charge in [0.1, 0.15) is 95.4 Å². The number of aromatic hydroxyl groups is 3. The molecule has 1 aromatic heterocycles. The van der Waals surface area contributed by atoms with E-state index in [0.29, 0.717) is 0 Å². The van der Waals surface area contributed by atoms with E-state index in [1.165, 1.54) is 31.2 Å². The van der Waals surface area contributed by atoms with Gasteiger partial charge in [0.2, 0.25) is 17.5 Å². The minimum Gasteiger partial charge on any atom is -0.508 e. The Hall–Kier alpha value is -3.71. The van der Waals surface area contributed by atoms with Gasteiger partial charge in [0.15, 0.2) is 18.3 Å². The molecule has 3 fully saturated rings. The van der Waals surface area contributed by atoms with Gasteiger partial charge < -0.3 is 94.1 Å². The molecule has 0 amide bonds. The minimum absolute atomic E-state index is 0.136. The van der Waals surface area contributed by atoms with Crippen LogP contribution in [0.1, 0.15) is 6.92 Å². The molecule has 0 saturated carbocycles. The first-order valence-electron chi connectivity index (χ1n) is 16.4. The summed E-state index contributed by atoms with van der Waals surface area (Å²) < 4.78 is 39.4. The summed E-state index contributed by atoms with van der Waals surface area (Å²) in [4.78, 5) is 13.7. The molecule has 3 aliphatic heterocycles. The maximum atomic E-state index is 13.7. The van der Waals surface area contributed by atoms with Crippen LogP contribution in [0.15, 0.2) is 45.6 Å².